The van der Waals surface area contributed by atoms with Crippen molar-refractivity contribution in [2.45, 2.75) is 12.3 Å². The van der Waals surface area contributed by atoms with Gasteiger partial charge in [0.1, 0.15) is 18.2 Å². The highest BCUT2D eigenvalue weighted by molar-refractivity contribution is 5.99. The smallest absolute Gasteiger partial charge is 0.131 e. The Morgan fingerprint density at radius 3 is 1.61 bits per heavy atom. The van der Waals surface area contributed by atoms with E-state index in [-0.39, 0.29) is 12.3 Å². The molecule has 0 spiro atoms. The van der Waals surface area contributed by atoms with Crippen LogP contribution in [0.25, 0.3) is 43.8 Å². The maximum absolute atomic E-state index is 5.11. The molecule has 2 atom stereocenters. The van der Waals surface area contributed by atoms with E-state index in [1.165, 1.54) is 49.4 Å². The number of fused-ring (bicyclic) bond motifs is 2. The lowest BCUT2D eigenvalue weighted by Crippen LogP contribution is -2.44. The van der Waals surface area contributed by atoms with Crippen LogP contribution in [0.3, 0.4) is 0 Å². The molecule has 0 saturated heterocycles. The van der Waals surface area contributed by atoms with Crippen LogP contribution in [0, 0.1) is 0 Å². The largest absolute Gasteiger partial charge is 0.350 e. The predicted octanol–water partition coefficient (Wildman–Crippen LogP) is 9.66. The van der Waals surface area contributed by atoms with Crippen LogP contribution in [-0.4, -0.2) is 5.84 Å². The van der Waals surface area contributed by atoms with Crippen molar-refractivity contribution in [1.82, 2.24) is 10.6 Å². The maximum atomic E-state index is 5.11. The zero-order chi connectivity index (χ0) is 29.3. The van der Waals surface area contributed by atoms with Gasteiger partial charge in [-0.25, -0.2) is 4.99 Å². The third-order valence-electron chi connectivity index (χ3n) is 8.52. The molecule has 0 amide bonds. The van der Waals surface area contributed by atoms with Crippen LogP contribution in [0.5, 0.6) is 0 Å². The second-order valence-electron chi connectivity index (χ2n) is 11.4. The third kappa shape index (κ3) is 5.15. The molecular weight excluding hydrogens is 534 g/mol. The van der Waals surface area contributed by atoms with E-state index in [0.717, 1.165) is 17.0 Å². The fraction of sp³-hybridized carbons (Fsp3) is 0.0488. The van der Waals surface area contributed by atoms with Gasteiger partial charge in [-0.3, -0.25) is 5.32 Å². The summed E-state index contributed by atoms with van der Waals surface area (Å²) in [7, 11) is 0. The Labute approximate surface area is 257 Å². The quantitative estimate of drug-likeness (QED) is 0.218. The number of hydrogen-bond donors (Lipinski definition) is 2. The van der Waals surface area contributed by atoms with Gasteiger partial charge in [0, 0.05) is 5.56 Å². The molecule has 0 aliphatic carbocycles. The topological polar surface area (TPSA) is 36.4 Å². The molecule has 2 N–H and O–H groups in total. The summed E-state index contributed by atoms with van der Waals surface area (Å²) in [5.74, 6) is 0.894. The highest BCUT2D eigenvalue weighted by atomic mass is 15.3. The van der Waals surface area contributed by atoms with Crippen LogP contribution in [0.1, 0.15) is 29.0 Å². The zero-order valence-corrected chi connectivity index (χ0v) is 24.2. The first-order chi connectivity index (χ1) is 21.8. The molecule has 0 aromatic heterocycles. The lowest BCUT2D eigenvalue weighted by atomic mass is 9.96. The Bertz CT molecular complexity index is 2120. The van der Waals surface area contributed by atoms with Crippen LogP contribution in [0.4, 0.5) is 0 Å². The van der Waals surface area contributed by atoms with Gasteiger partial charge in [0.05, 0.1) is 0 Å². The summed E-state index contributed by atoms with van der Waals surface area (Å²) in [4.78, 5) is 5.11. The summed E-state index contributed by atoms with van der Waals surface area (Å²) in [6.07, 6.45) is -0.229. The van der Waals surface area contributed by atoms with Crippen molar-refractivity contribution in [1.29, 1.82) is 0 Å². The van der Waals surface area contributed by atoms with Crippen LogP contribution >= 0.6 is 0 Å². The fourth-order valence-electron chi connectivity index (χ4n) is 6.13. The van der Waals surface area contributed by atoms with Crippen molar-refractivity contribution in [2.75, 3.05) is 0 Å². The maximum Gasteiger partial charge on any atom is 0.131 e. The molecule has 44 heavy (non-hydrogen) atoms. The molecule has 210 valence electrons. The van der Waals surface area contributed by atoms with Gasteiger partial charge >= 0.3 is 0 Å². The second-order valence-corrected chi connectivity index (χ2v) is 11.4. The minimum atomic E-state index is -0.177. The molecule has 7 aromatic carbocycles. The van der Waals surface area contributed by atoms with Crippen LogP contribution in [0.2, 0.25) is 0 Å². The van der Waals surface area contributed by atoms with Crippen molar-refractivity contribution >= 4 is 27.4 Å². The molecule has 3 nitrogen and oxygen atoms in total. The van der Waals surface area contributed by atoms with E-state index in [2.05, 4.69) is 162 Å². The Hall–Kier alpha value is -5.51. The number of rotatable bonds is 5. The Kier molecular flexibility index (Phi) is 6.71. The first kappa shape index (κ1) is 26.1. The monoisotopic (exact) mass is 565 g/mol. The Morgan fingerprint density at radius 1 is 0.386 bits per heavy atom. The molecule has 3 heteroatoms. The van der Waals surface area contributed by atoms with E-state index in [4.69, 9.17) is 4.99 Å². The van der Waals surface area contributed by atoms with Crippen LogP contribution in [-0.2, 0) is 0 Å². The molecule has 8 rings (SSSR count). The average molecular weight is 566 g/mol. The number of nitrogens with zero attached hydrogens (tertiary/aromatic N) is 1. The molecule has 1 aliphatic heterocycles. The van der Waals surface area contributed by atoms with Gasteiger partial charge in [0.25, 0.3) is 0 Å². The van der Waals surface area contributed by atoms with Gasteiger partial charge in [-0.1, -0.05) is 146 Å². The van der Waals surface area contributed by atoms with E-state index in [9.17, 15) is 0 Å². The molecule has 0 saturated carbocycles. The number of amidine groups is 1. The molecule has 0 radical (unpaired) electrons. The fourth-order valence-corrected chi connectivity index (χ4v) is 6.13. The number of hydrogen-bond acceptors (Lipinski definition) is 3. The average Bonchev–Trinajstić information content (AvgIpc) is 3.11. The molecular formula is C41H31N3. The van der Waals surface area contributed by atoms with E-state index >= 15 is 0 Å². The summed E-state index contributed by atoms with van der Waals surface area (Å²) in [5, 5.41) is 12.3. The van der Waals surface area contributed by atoms with Crippen LogP contribution in [0.15, 0.2) is 169 Å². The minimum Gasteiger partial charge on any atom is -0.350 e. The number of aliphatic imine (C=N–C) groups is 1. The zero-order valence-electron chi connectivity index (χ0n) is 24.2. The van der Waals surface area contributed by atoms with Crippen molar-refractivity contribution in [3.05, 3.63) is 180 Å². The summed E-state index contributed by atoms with van der Waals surface area (Å²) < 4.78 is 0. The van der Waals surface area contributed by atoms with E-state index in [1.54, 1.807) is 0 Å². The normalized spacial score (nSPS) is 16.4. The molecule has 0 bridgehead atoms. The Morgan fingerprint density at radius 2 is 0.909 bits per heavy atom. The summed E-state index contributed by atoms with van der Waals surface area (Å²) in [5.41, 5.74) is 8.28. The van der Waals surface area contributed by atoms with Gasteiger partial charge in [0.2, 0.25) is 0 Å². The Balaban J connectivity index is 1.08. The van der Waals surface area contributed by atoms with Crippen molar-refractivity contribution in [2.24, 2.45) is 4.99 Å². The molecule has 7 aromatic rings. The lowest BCUT2D eigenvalue weighted by Gasteiger charge is -2.32. The second kappa shape index (κ2) is 11.3. The molecule has 1 heterocycles. The van der Waals surface area contributed by atoms with Gasteiger partial charge in [-0.15, -0.1) is 0 Å². The van der Waals surface area contributed by atoms with E-state index < -0.39 is 0 Å². The molecule has 0 fully saturated rings. The minimum absolute atomic E-state index is 0.0513. The van der Waals surface area contributed by atoms with Crippen molar-refractivity contribution < 1.29 is 0 Å². The summed E-state index contributed by atoms with van der Waals surface area (Å²) >= 11 is 0. The lowest BCUT2D eigenvalue weighted by molar-refractivity contribution is 0.409. The molecule has 1 aliphatic rings. The number of nitrogens with one attached hydrogen (secondary N) is 2. The van der Waals surface area contributed by atoms with Gasteiger partial charge in [0.15, 0.2) is 0 Å². The van der Waals surface area contributed by atoms with Gasteiger partial charge in [-0.05, 0) is 73.1 Å². The predicted molar refractivity (Wildman–Crippen MR) is 184 cm³/mol. The standard InChI is InChI=1S/C41H31N3/c1-3-10-31(11-4-1)39-42-40(32-12-5-2-6-13-32)44-41(43-39)38-24-23-36-26-35(21-22-37(36)27-38)30-17-15-29(16-18-30)34-20-19-28-9-7-8-14-33(28)25-34/h1-27,39,41,43H,(H,42,44). The van der Waals surface area contributed by atoms with Crippen molar-refractivity contribution in [3.8, 4) is 22.3 Å². The van der Waals surface area contributed by atoms with E-state index in [1.807, 2.05) is 12.1 Å². The summed E-state index contributed by atoms with van der Waals surface area (Å²) in [6, 6.07) is 58.3. The highest BCUT2D eigenvalue weighted by Gasteiger charge is 2.25. The SMILES string of the molecule is c1ccc(C2=NC(c3ccc4cc(-c5ccc(-c6ccc7ccccc7c6)cc5)ccc4c3)NC(c3ccccc3)N2)cc1. The summed E-state index contributed by atoms with van der Waals surface area (Å²) in [6.45, 7) is 0. The number of benzene rings is 7. The molecule has 2 unspecified atom stereocenters. The van der Waals surface area contributed by atoms with E-state index in [0.29, 0.717) is 0 Å². The first-order valence-corrected chi connectivity index (χ1v) is 15.1. The highest BCUT2D eigenvalue weighted by Crippen LogP contribution is 2.31. The first-order valence-electron chi connectivity index (χ1n) is 15.1. The van der Waals surface area contributed by atoms with Gasteiger partial charge < -0.3 is 5.32 Å². The van der Waals surface area contributed by atoms with Crippen molar-refractivity contribution in [3.63, 3.8) is 0 Å². The van der Waals surface area contributed by atoms with Gasteiger partial charge in [-0.2, -0.15) is 0 Å². The van der Waals surface area contributed by atoms with Crippen LogP contribution < -0.4 is 10.6 Å². The third-order valence-corrected chi connectivity index (χ3v) is 8.52.